The van der Waals surface area contributed by atoms with E-state index in [0.717, 1.165) is 31.1 Å². The molecule has 1 saturated heterocycles. The molecule has 1 fully saturated rings. The zero-order valence-corrected chi connectivity index (χ0v) is 21.2. The lowest BCUT2D eigenvalue weighted by Crippen LogP contribution is -2.45. The second-order valence-electron chi connectivity index (χ2n) is 9.22. The van der Waals surface area contributed by atoms with Crippen LogP contribution in [0.1, 0.15) is 39.7 Å². The van der Waals surface area contributed by atoms with Crippen LogP contribution in [0.2, 0.25) is 0 Å². The summed E-state index contributed by atoms with van der Waals surface area (Å²) in [5.74, 6) is 5.39. The van der Waals surface area contributed by atoms with E-state index in [9.17, 15) is 18.0 Å². The average Bonchev–Trinajstić information content (AvgIpc) is 3.40. The number of nitrogens with one attached hydrogen (secondary N) is 2. The molecule has 0 aliphatic carbocycles. The molecule has 3 aromatic heterocycles. The predicted octanol–water partition coefficient (Wildman–Crippen LogP) is 4.16. The lowest BCUT2D eigenvalue weighted by Gasteiger charge is -2.34. The van der Waals surface area contributed by atoms with E-state index in [2.05, 4.69) is 49.1 Å². The molecule has 1 aliphatic heterocycles. The Bertz CT molecular complexity index is 1550. The van der Waals surface area contributed by atoms with Crippen molar-refractivity contribution in [1.29, 1.82) is 0 Å². The average molecular weight is 534 g/mol. The second-order valence-corrected chi connectivity index (χ2v) is 9.22. The van der Waals surface area contributed by atoms with Gasteiger partial charge < -0.3 is 10.2 Å². The molecule has 1 aromatic carbocycles. The summed E-state index contributed by atoms with van der Waals surface area (Å²) < 4.78 is 41.8. The number of alkyl halides is 3. The Morgan fingerprint density at radius 3 is 2.62 bits per heavy atom. The highest BCUT2D eigenvalue weighted by molar-refractivity contribution is 6.04. The zero-order valence-electron chi connectivity index (χ0n) is 21.2. The van der Waals surface area contributed by atoms with Gasteiger partial charge in [-0.15, -0.1) is 0 Å². The smallest absolute Gasteiger partial charge is 0.307 e. The number of nitrogens with zero attached hydrogens (tertiary/aromatic N) is 5. The Morgan fingerprint density at radius 2 is 1.85 bits per heavy atom. The molecular formula is C28H26F3N7O. The predicted molar refractivity (Wildman–Crippen MR) is 141 cm³/mol. The lowest BCUT2D eigenvalue weighted by atomic mass is 10.0. The number of piperazine rings is 1. The van der Waals surface area contributed by atoms with E-state index in [4.69, 9.17) is 0 Å². The summed E-state index contributed by atoms with van der Waals surface area (Å²) in [5.41, 5.74) is 0.955. The molecule has 0 spiro atoms. The number of carbonyl (C=O) groups excluding carboxylic acids is 1. The molecule has 0 saturated carbocycles. The van der Waals surface area contributed by atoms with E-state index in [1.807, 2.05) is 11.0 Å². The maximum Gasteiger partial charge on any atom is 0.416 e. The van der Waals surface area contributed by atoms with Crippen molar-refractivity contribution in [1.82, 2.24) is 30.0 Å². The molecule has 0 bridgehead atoms. The van der Waals surface area contributed by atoms with Crippen molar-refractivity contribution in [2.24, 2.45) is 0 Å². The van der Waals surface area contributed by atoms with Crippen molar-refractivity contribution in [3.63, 3.8) is 0 Å². The second kappa shape index (κ2) is 11.2. The third kappa shape index (κ3) is 6.42. The van der Waals surface area contributed by atoms with Gasteiger partial charge in [0.15, 0.2) is 5.65 Å². The van der Waals surface area contributed by atoms with Gasteiger partial charge in [0.05, 0.1) is 11.8 Å². The molecule has 1 aliphatic rings. The topological polar surface area (TPSA) is 90.0 Å². The number of aromatic nitrogens is 4. The minimum absolute atomic E-state index is 0.0998. The standard InChI is InChI=1S/C28H26F3N7O/c1-2-37-11-13-38(14-12-37)18-22-5-4-20(16-24(22)28(29,30)31)27(39)35-25-15-19(9-10-32-25)3-7-23-8-6-21-17-33-36-26(21)34-23/h4-6,8-10,15-17H,2,11-14,18H2,1H3,(H,32,35,39)(H,33,34,36). The van der Waals surface area contributed by atoms with E-state index >= 15 is 0 Å². The first-order valence-electron chi connectivity index (χ1n) is 12.5. The van der Waals surface area contributed by atoms with E-state index in [-0.39, 0.29) is 23.5 Å². The number of pyridine rings is 2. The number of anilines is 1. The van der Waals surface area contributed by atoms with Crippen LogP contribution in [0.15, 0.2) is 54.9 Å². The van der Waals surface area contributed by atoms with Gasteiger partial charge in [-0.3, -0.25) is 14.8 Å². The number of aromatic amines is 1. The third-order valence-electron chi connectivity index (χ3n) is 6.62. The summed E-state index contributed by atoms with van der Waals surface area (Å²) >= 11 is 0. The van der Waals surface area contributed by atoms with Crippen molar-refractivity contribution >= 4 is 22.8 Å². The molecule has 200 valence electrons. The van der Waals surface area contributed by atoms with Gasteiger partial charge in [0.2, 0.25) is 0 Å². The number of amides is 1. The minimum Gasteiger partial charge on any atom is -0.307 e. The number of hydrogen-bond acceptors (Lipinski definition) is 6. The number of halogens is 3. The van der Waals surface area contributed by atoms with E-state index in [1.165, 1.54) is 18.3 Å². The number of carbonyl (C=O) groups is 1. The summed E-state index contributed by atoms with van der Waals surface area (Å²) in [5, 5.41) is 10.2. The number of likely N-dealkylation sites (N-methyl/N-ethyl adjacent to an activating group) is 1. The van der Waals surface area contributed by atoms with Crippen molar-refractivity contribution in [2.75, 3.05) is 38.0 Å². The maximum atomic E-state index is 13.9. The summed E-state index contributed by atoms with van der Waals surface area (Å²) in [7, 11) is 0. The van der Waals surface area contributed by atoms with Crippen LogP contribution in [0.5, 0.6) is 0 Å². The number of benzene rings is 1. The van der Waals surface area contributed by atoms with Crippen LogP contribution in [0.3, 0.4) is 0 Å². The molecule has 0 unspecified atom stereocenters. The highest BCUT2D eigenvalue weighted by Gasteiger charge is 2.34. The van der Waals surface area contributed by atoms with Gasteiger partial charge in [-0.05, 0) is 54.4 Å². The van der Waals surface area contributed by atoms with Gasteiger partial charge >= 0.3 is 6.18 Å². The lowest BCUT2D eigenvalue weighted by molar-refractivity contribution is -0.138. The maximum absolute atomic E-state index is 13.9. The van der Waals surface area contributed by atoms with Crippen LogP contribution in [0.4, 0.5) is 19.0 Å². The number of rotatable bonds is 5. The summed E-state index contributed by atoms with van der Waals surface area (Å²) in [4.78, 5) is 25.6. The first-order valence-corrected chi connectivity index (χ1v) is 12.5. The van der Waals surface area contributed by atoms with E-state index in [0.29, 0.717) is 30.0 Å². The van der Waals surface area contributed by atoms with Crippen molar-refractivity contribution in [3.05, 3.63) is 82.8 Å². The van der Waals surface area contributed by atoms with Gasteiger partial charge in [0.25, 0.3) is 5.91 Å². The van der Waals surface area contributed by atoms with Gasteiger partial charge in [-0.2, -0.15) is 18.3 Å². The highest BCUT2D eigenvalue weighted by atomic mass is 19.4. The molecular weight excluding hydrogens is 507 g/mol. The van der Waals surface area contributed by atoms with Gasteiger partial charge in [0, 0.05) is 55.4 Å². The molecule has 2 N–H and O–H groups in total. The molecule has 1 amide bonds. The van der Waals surface area contributed by atoms with Gasteiger partial charge in [-0.25, -0.2) is 9.97 Å². The Morgan fingerprint density at radius 1 is 1.05 bits per heavy atom. The quantitative estimate of drug-likeness (QED) is 0.375. The first kappa shape index (κ1) is 26.3. The number of H-pyrrole nitrogens is 1. The normalized spacial score (nSPS) is 14.7. The molecule has 5 rings (SSSR count). The van der Waals surface area contributed by atoms with Crippen LogP contribution in [0.25, 0.3) is 11.0 Å². The summed E-state index contributed by atoms with van der Waals surface area (Å²) in [6, 6.07) is 10.5. The molecule has 39 heavy (non-hydrogen) atoms. The van der Waals surface area contributed by atoms with E-state index < -0.39 is 17.6 Å². The van der Waals surface area contributed by atoms with Crippen LogP contribution in [-0.4, -0.2) is 68.6 Å². The van der Waals surface area contributed by atoms with Gasteiger partial charge in [0.1, 0.15) is 11.5 Å². The minimum atomic E-state index is -4.59. The SMILES string of the molecule is CCN1CCN(Cc2ccc(C(=O)Nc3cc(C#Cc4ccc5cn[nH]c5n4)ccn3)cc2C(F)(F)F)CC1. The first-order chi connectivity index (χ1) is 18.8. The highest BCUT2D eigenvalue weighted by Crippen LogP contribution is 2.33. The molecule has 0 atom stereocenters. The molecule has 4 heterocycles. The fourth-order valence-corrected chi connectivity index (χ4v) is 4.42. The Hall–Kier alpha value is -4.27. The number of hydrogen-bond donors (Lipinski definition) is 2. The zero-order chi connectivity index (χ0) is 27.4. The Balaban J connectivity index is 1.30. The van der Waals surface area contributed by atoms with Crippen LogP contribution in [-0.2, 0) is 12.7 Å². The van der Waals surface area contributed by atoms with Crippen LogP contribution < -0.4 is 5.32 Å². The Kier molecular flexibility index (Phi) is 7.58. The summed E-state index contributed by atoms with van der Waals surface area (Å²) in [6.45, 7) is 6.22. The van der Waals surface area contributed by atoms with Crippen molar-refractivity contribution < 1.29 is 18.0 Å². The van der Waals surface area contributed by atoms with Crippen molar-refractivity contribution in [2.45, 2.75) is 19.6 Å². The van der Waals surface area contributed by atoms with Gasteiger partial charge in [-0.1, -0.05) is 18.9 Å². The fraction of sp³-hybridized carbons (Fsp3) is 0.286. The molecule has 8 nitrogen and oxygen atoms in total. The molecule has 4 aromatic rings. The largest absolute Gasteiger partial charge is 0.416 e. The van der Waals surface area contributed by atoms with Crippen LogP contribution >= 0.6 is 0 Å². The molecule has 11 heteroatoms. The fourth-order valence-electron chi connectivity index (χ4n) is 4.42. The number of fused-ring (bicyclic) bond motifs is 1. The monoisotopic (exact) mass is 533 g/mol. The van der Waals surface area contributed by atoms with Crippen molar-refractivity contribution in [3.8, 4) is 11.8 Å². The summed E-state index contributed by atoms with van der Waals surface area (Å²) in [6.07, 6.45) is -1.46. The third-order valence-corrected chi connectivity index (χ3v) is 6.62. The van der Waals surface area contributed by atoms with Crippen LogP contribution in [0, 0.1) is 11.8 Å². The Labute approximate surface area is 223 Å². The molecule has 0 radical (unpaired) electrons. The van der Waals surface area contributed by atoms with E-state index in [1.54, 1.807) is 24.4 Å².